The van der Waals surface area contributed by atoms with Crippen molar-refractivity contribution >= 4 is 34.0 Å². The molecule has 0 amide bonds. The van der Waals surface area contributed by atoms with Crippen LogP contribution in [0, 0.1) is 5.92 Å². The zero-order valence-electron chi connectivity index (χ0n) is 16.8. The van der Waals surface area contributed by atoms with E-state index in [-0.39, 0.29) is 12.4 Å². The molecule has 1 aromatic heterocycles. The molecule has 0 spiro atoms. The number of benzene rings is 2. The van der Waals surface area contributed by atoms with Crippen LogP contribution in [0.5, 0.6) is 5.75 Å². The standard InChI is InChI=1S/C24H28N2OS.ClH/c1-4-12-26(13-5-1)16-18-8-9-20-15-21(11-10-19(20)14-18)27-17-24-25-22-6-2-3-7-23(22)28-24;/h2-3,6-7,10-11,15,18H,1,4-5,8-9,12-14,16-17H2;1H. The maximum Gasteiger partial charge on any atom is 0.140 e. The second-order valence-corrected chi connectivity index (χ2v) is 9.38. The Morgan fingerprint density at radius 3 is 2.76 bits per heavy atom. The van der Waals surface area contributed by atoms with Gasteiger partial charge in [-0.2, -0.15) is 0 Å². The highest BCUT2D eigenvalue weighted by molar-refractivity contribution is 7.18. The second-order valence-electron chi connectivity index (χ2n) is 8.26. The molecule has 1 aliphatic heterocycles. The average Bonchev–Trinajstić information content (AvgIpc) is 3.16. The normalized spacial score (nSPS) is 19.5. The van der Waals surface area contributed by atoms with E-state index in [2.05, 4.69) is 46.3 Å². The molecule has 0 bridgehead atoms. The fourth-order valence-corrected chi connectivity index (χ4v) is 5.57. The largest absolute Gasteiger partial charge is 0.486 e. The molecule has 1 aliphatic carbocycles. The molecule has 3 nitrogen and oxygen atoms in total. The van der Waals surface area contributed by atoms with E-state index in [0.29, 0.717) is 6.61 Å². The summed E-state index contributed by atoms with van der Waals surface area (Å²) in [6.07, 6.45) is 7.92. The van der Waals surface area contributed by atoms with Crippen molar-refractivity contribution in [2.24, 2.45) is 5.92 Å². The number of piperidine rings is 1. The summed E-state index contributed by atoms with van der Waals surface area (Å²) in [5, 5.41) is 1.04. The molecule has 1 unspecified atom stereocenters. The zero-order chi connectivity index (χ0) is 18.8. The number of fused-ring (bicyclic) bond motifs is 2. The highest BCUT2D eigenvalue weighted by atomic mass is 35.5. The Bertz CT molecular complexity index is 918. The van der Waals surface area contributed by atoms with Gasteiger partial charge in [-0.15, -0.1) is 23.7 Å². The topological polar surface area (TPSA) is 25.4 Å². The summed E-state index contributed by atoms with van der Waals surface area (Å²) < 4.78 is 7.30. The van der Waals surface area contributed by atoms with E-state index in [1.807, 2.05) is 6.07 Å². The summed E-state index contributed by atoms with van der Waals surface area (Å²) in [5.74, 6) is 1.80. The number of ether oxygens (including phenoxy) is 1. The lowest BCUT2D eigenvalue weighted by molar-refractivity contribution is 0.187. The number of nitrogens with zero attached hydrogens (tertiary/aromatic N) is 2. The van der Waals surface area contributed by atoms with Gasteiger partial charge in [0.05, 0.1) is 10.2 Å². The molecule has 2 aromatic carbocycles. The average molecular weight is 429 g/mol. The molecule has 0 saturated carbocycles. The fraction of sp³-hybridized carbons (Fsp3) is 0.458. The predicted octanol–water partition coefficient (Wildman–Crippen LogP) is 5.89. The van der Waals surface area contributed by atoms with Crippen LogP contribution in [-0.2, 0) is 19.4 Å². The van der Waals surface area contributed by atoms with Crippen LogP contribution in [0.2, 0.25) is 0 Å². The predicted molar refractivity (Wildman–Crippen MR) is 123 cm³/mol. The van der Waals surface area contributed by atoms with Gasteiger partial charge in [-0.3, -0.25) is 0 Å². The van der Waals surface area contributed by atoms with E-state index < -0.39 is 0 Å². The van der Waals surface area contributed by atoms with Gasteiger partial charge in [0.2, 0.25) is 0 Å². The van der Waals surface area contributed by atoms with Crippen LogP contribution >= 0.6 is 23.7 Å². The third-order valence-electron chi connectivity index (χ3n) is 6.17. The molecule has 154 valence electrons. The number of rotatable bonds is 5. The van der Waals surface area contributed by atoms with Crippen molar-refractivity contribution in [3.8, 4) is 5.75 Å². The van der Waals surface area contributed by atoms with E-state index in [4.69, 9.17) is 4.74 Å². The molecule has 3 aromatic rings. The molecule has 0 radical (unpaired) electrons. The van der Waals surface area contributed by atoms with Gasteiger partial charge >= 0.3 is 0 Å². The van der Waals surface area contributed by atoms with Crippen LogP contribution in [0.1, 0.15) is 41.8 Å². The van der Waals surface area contributed by atoms with Crippen molar-refractivity contribution in [2.75, 3.05) is 19.6 Å². The van der Waals surface area contributed by atoms with Crippen molar-refractivity contribution in [1.82, 2.24) is 9.88 Å². The smallest absolute Gasteiger partial charge is 0.140 e. The lowest BCUT2D eigenvalue weighted by Crippen LogP contribution is -2.36. The summed E-state index contributed by atoms with van der Waals surface area (Å²) in [5.41, 5.74) is 4.08. The lowest BCUT2D eigenvalue weighted by Gasteiger charge is -2.33. The number of halogens is 1. The van der Waals surface area contributed by atoms with Crippen LogP contribution in [0.3, 0.4) is 0 Å². The maximum absolute atomic E-state index is 6.08. The highest BCUT2D eigenvalue weighted by Crippen LogP contribution is 2.30. The van der Waals surface area contributed by atoms with Crippen molar-refractivity contribution in [3.63, 3.8) is 0 Å². The third kappa shape index (κ3) is 4.93. The molecule has 1 fully saturated rings. The van der Waals surface area contributed by atoms with E-state index >= 15 is 0 Å². The molecule has 2 aliphatic rings. The first-order valence-corrected chi connectivity index (χ1v) is 11.5. The van der Waals surface area contributed by atoms with Crippen molar-refractivity contribution in [2.45, 2.75) is 45.1 Å². The van der Waals surface area contributed by atoms with Gasteiger partial charge in [0.1, 0.15) is 17.4 Å². The number of aromatic nitrogens is 1. The van der Waals surface area contributed by atoms with E-state index in [9.17, 15) is 0 Å². The Balaban J connectivity index is 0.00000205. The molecule has 5 heteroatoms. The summed E-state index contributed by atoms with van der Waals surface area (Å²) in [6, 6.07) is 15.0. The van der Waals surface area contributed by atoms with Gasteiger partial charge in [-0.05, 0) is 86.5 Å². The highest BCUT2D eigenvalue weighted by Gasteiger charge is 2.22. The van der Waals surface area contributed by atoms with Crippen molar-refractivity contribution < 1.29 is 4.74 Å². The number of thiazole rings is 1. The summed E-state index contributed by atoms with van der Waals surface area (Å²) in [6.45, 7) is 4.45. The number of para-hydroxylation sites is 1. The van der Waals surface area contributed by atoms with Crippen LogP contribution in [0.25, 0.3) is 10.2 Å². The minimum absolute atomic E-state index is 0. The molecular weight excluding hydrogens is 400 g/mol. The maximum atomic E-state index is 6.08. The number of likely N-dealkylation sites (tertiary alicyclic amines) is 1. The molecule has 2 heterocycles. The van der Waals surface area contributed by atoms with Gasteiger partial charge in [0.15, 0.2) is 0 Å². The molecular formula is C24H29ClN2OS. The first-order valence-electron chi connectivity index (χ1n) is 10.6. The van der Waals surface area contributed by atoms with Gasteiger partial charge in [0.25, 0.3) is 0 Å². The monoisotopic (exact) mass is 428 g/mol. The summed E-state index contributed by atoms with van der Waals surface area (Å²) >= 11 is 1.72. The van der Waals surface area contributed by atoms with Crippen molar-refractivity contribution in [1.29, 1.82) is 0 Å². The van der Waals surface area contributed by atoms with Crippen LogP contribution in [0.4, 0.5) is 0 Å². The van der Waals surface area contributed by atoms with E-state index in [1.165, 1.54) is 74.0 Å². The van der Waals surface area contributed by atoms with Crippen LogP contribution in [-0.4, -0.2) is 29.5 Å². The van der Waals surface area contributed by atoms with Gasteiger partial charge in [0, 0.05) is 6.54 Å². The number of hydrogen-bond donors (Lipinski definition) is 0. The van der Waals surface area contributed by atoms with Crippen LogP contribution in [0.15, 0.2) is 42.5 Å². The van der Waals surface area contributed by atoms with E-state index in [0.717, 1.165) is 22.2 Å². The molecule has 5 rings (SSSR count). The van der Waals surface area contributed by atoms with Crippen LogP contribution < -0.4 is 4.74 Å². The minimum atomic E-state index is 0. The molecule has 29 heavy (non-hydrogen) atoms. The quantitative estimate of drug-likeness (QED) is 0.506. The van der Waals surface area contributed by atoms with Gasteiger partial charge in [-0.25, -0.2) is 4.98 Å². The second kappa shape index (κ2) is 9.46. The number of hydrogen-bond acceptors (Lipinski definition) is 4. The SMILES string of the molecule is Cl.c1ccc2sc(COc3ccc4c(c3)CCC(CN3CCCCC3)C4)nc2c1. The third-order valence-corrected chi connectivity index (χ3v) is 7.18. The zero-order valence-corrected chi connectivity index (χ0v) is 18.4. The van der Waals surface area contributed by atoms with Gasteiger partial charge in [-0.1, -0.05) is 24.6 Å². The first-order chi connectivity index (χ1) is 13.8. The Morgan fingerprint density at radius 1 is 1.03 bits per heavy atom. The Labute approximate surface area is 183 Å². The number of aryl methyl sites for hydroxylation is 1. The molecule has 1 atom stereocenters. The molecule has 0 N–H and O–H groups in total. The summed E-state index contributed by atoms with van der Waals surface area (Å²) in [4.78, 5) is 7.36. The fourth-order valence-electron chi connectivity index (χ4n) is 4.69. The lowest BCUT2D eigenvalue weighted by atomic mass is 9.83. The molecule has 1 saturated heterocycles. The Kier molecular flexibility index (Phi) is 6.74. The minimum Gasteiger partial charge on any atom is -0.486 e. The Hall–Kier alpha value is -1.62. The van der Waals surface area contributed by atoms with E-state index in [1.54, 1.807) is 11.3 Å². The van der Waals surface area contributed by atoms with Crippen molar-refractivity contribution in [3.05, 3.63) is 58.6 Å². The van der Waals surface area contributed by atoms with Gasteiger partial charge < -0.3 is 9.64 Å². The summed E-state index contributed by atoms with van der Waals surface area (Å²) in [7, 11) is 0. The Morgan fingerprint density at radius 2 is 1.90 bits per heavy atom. The first kappa shape index (κ1) is 20.6.